The van der Waals surface area contributed by atoms with Gasteiger partial charge in [-0.1, -0.05) is 0 Å². The van der Waals surface area contributed by atoms with E-state index < -0.39 is 5.97 Å². The number of aromatic nitrogens is 3. The maximum absolute atomic E-state index is 10.8. The number of aryl methyl sites for hydroxylation is 1. The maximum atomic E-state index is 10.8. The number of hydrogen-bond acceptors (Lipinski definition) is 4. The van der Waals surface area contributed by atoms with Gasteiger partial charge in [0, 0.05) is 43.2 Å². The van der Waals surface area contributed by atoms with Crippen LogP contribution in [0.25, 0.3) is 5.69 Å². The number of aliphatic carboxylic acids is 1. The van der Waals surface area contributed by atoms with Crippen molar-refractivity contribution in [3.05, 3.63) is 41.5 Å². The van der Waals surface area contributed by atoms with Crippen LogP contribution < -0.4 is 0 Å². The summed E-state index contributed by atoms with van der Waals surface area (Å²) in [7, 11) is 0. The summed E-state index contributed by atoms with van der Waals surface area (Å²) in [4.78, 5) is 16.9. The van der Waals surface area contributed by atoms with Crippen LogP contribution in [0.3, 0.4) is 0 Å². The van der Waals surface area contributed by atoms with Gasteiger partial charge in [0.05, 0.1) is 17.9 Å². The molecule has 0 saturated heterocycles. The number of carboxylic acids is 1. The molecule has 6 nitrogen and oxygen atoms in total. The zero-order valence-electron chi connectivity index (χ0n) is 12.1. The van der Waals surface area contributed by atoms with Crippen molar-refractivity contribution in [1.82, 2.24) is 19.7 Å². The van der Waals surface area contributed by atoms with Gasteiger partial charge in [0.15, 0.2) is 0 Å². The summed E-state index contributed by atoms with van der Waals surface area (Å²) in [6.07, 6.45) is 4.54. The van der Waals surface area contributed by atoms with E-state index in [0.717, 1.165) is 35.6 Å². The Labute approximate surface area is 141 Å². The van der Waals surface area contributed by atoms with E-state index in [9.17, 15) is 4.79 Å². The predicted octanol–water partition coefficient (Wildman–Crippen LogP) is 1.86. The average Bonchev–Trinajstić information content (AvgIpc) is 2.81. The van der Waals surface area contributed by atoms with Crippen molar-refractivity contribution >= 4 is 30.8 Å². The molecule has 0 aliphatic carbocycles. The first kappa shape index (κ1) is 18.4. The van der Waals surface area contributed by atoms with Gasteiger partial charge >= 0.3 is 5.97 Å². The highest BCUT2D eigenvalue weighted by molar-refractivity contribution is 5.85. The van der Waals surface area contributed by atoms with E-state index in [2.05, 4.69) is 10.1 Å². The lowest BCUT2D eigenvalue weighted by Gasteiger charge is -2.23. The number of pyridine rings is 1. The van der Waals surface area contributed by atoms with E-state index in [0.29, 0.717) is 6.54 Å². The normalized spacial score (nSPS) is 13.7. The van der Waals surface area contributed by atoms with Crippen molar-refractivity contribution in [3.63, 3.8) is 0 Å². The molecular weight excluding hydrogens is 327 g/mol. The summed E-state index contributed by atoms with van der Waals surface area (Å²) in [5.41, 5.74) is 4.09. The Kier molecular flexibility index (Phi) is 6.34. The summed E-state index contributed by atoms with van der Waals surface area (Å²) in [6, 6.07) is 3.90. The second-order valence-corrected chi connectivity index (χ2v) is 5.06. The number of hydrogen-bond donors (Lipinski definition) is 1. The Balaban J connectivity index is 0.00000121. The van der Waals surface area contributed by atoms with E-state index in [1.54, 1.807) is 6.20 Å². The topological polar surface area (TPSA) is 71.2 Å². The van der Waals surface area contributed by atoms with E-state index in [1.807, 2.05) is 34.8 Å². The van der Waals surface area contributed by atoms with Gasteiger partial charge in [0.2, 0.25) is 0 Å². The third kappa shape index (κ3) is 3.97. The lowest BCUT2D eigenvalue weighted by atomic mass is 10.1. The largest absolute Gasteiger partial charge is 0.480 e. The van der Waals surface area contributed by atoms with Gasteiger partial charge in [-0.2, -0.15) is 5.10 Å². The summed E-state index contributed by atoms with van der Waals surface area (Å²) in [6.45, 7) is 3.41. The van der Waals surface area contributed by atoms with Crippen molar-refractivity contribution in [3.8, 4) is 5.69 Å². The lowest BCUT2D eigenvalue weighted by Crippen LogP contribution is -2.34. The Morgan fingerprint density at radius 2 is 2.18 bits per heavy atom. The van der Waals surface area contributed by atoms with Crippen molar-refractivity contribution in [2.45, 2.75) is 19.9 Å². The molecule has 3 rings (SSSR count). The maximum Gasteiger partial charge on any atom is 0.317 e. The molecule has 120 valence electrons. The van der Waals surface area contributed by atoms with Crippen LogP contribution in [0.4, 0.5) is 0 Å². The van der Waals surface area contributed by atoms with E-state index in [4.69, 9.17) is 5.11 Å². The molecule has 0 spiro atoms. The molecule has 8 heteroatoms. The van der Waals surface area contributed by atoms with Crippen molar-refractivity contribution in [2.75, 3.05) is 13.1 Å². The van der Waals surface area contributed by atoms with Gasteiger partial charge in [-0.05, 0) is 19.1 Å². The molecule has 2 aromatic heterocycles. The highest BCUT2D eigenvalue weighted by Crippen LogP contribution is 2.19. The zero-order valence-corrected chi connectivity index (χ0v) is 13.7. The van der Waals surface area contributed by atoms with Crippen LogP contribution in [-0.2, 0) is 17.8 Å². The minimum atomic E-state index is -0.786. The van der Waals surface area contributed by atoms with Crippen LogP contribution in [0.5, 0.6) is 0 Å². The lowest BCUT2D eigenvalue weighted by molar-refractivity contribution is -0.138. The highest BCUT2D eigenvalue weighted by atomic mass is 35.5. The fraction of sp³-hybridized carbons (Fsp3) is 0.357. The highest BCUT2D eigenvalue weighted by Gasteiger charge is 2.21. The van der Waals surface area contributed by atoms with E-state index >= 15 is 0 Å². The summed E-state index contributed by atoms with van der Waals surface area (Å²) < 4.78 is 1.85. The Morgan fingerprint density at radius 3 is 2.86 bits per heavy atom. The molecule has 0 saturated carbocycles. The van der Waals surface area contributed by atoms with Crippen LogP contribution in [0.15, 0.2) is 24.5 Å². The summed E-state index contributed by atoms with van der Waals surface area (Å²) >= 11 is 0. The Morgan fingerprint density at radius 1 is 1.41 bits per heavy atom. The summed E-state index contributed by atoms with van der Waals surface area (Å²) in [5, 5.41) is 13.4. The molecule has 0 amide bonds. The van der Waals surface area contributed by atoms with Crippen LogP contribution in [0.1, 0.15) is 17.0 Å². The SMILES string of the molecule is Cc1cc(-n2cc3c(n2)CCN(CC(=O)O)C3)ccn1.Cl.Cl. The molecule has 2 aromatic rings. The number of carbonyl (C=O) groups is 1. The minimum Gasteiger partial charge on any atom is -0.480 e. The smallest absolute Gasteiger partial charge is 0.317 e. The third-order valence-corrected chi connectivity index (χ3v) is 3.44. The van der Waals surface area contributed by atoms with E-state index in [-0.39, 0.29) is 31.4 Å². The fourth-order valence-corrected chi connectivity index (χ4v) is 2.50. The Bertz CT molecular complexity index is 660. The molecule has 0 fully saturated rings. The Hall–Kier alpha value is -1.63. The molecule has 0 unspecified atom stereocenters. The van der Waals surface area contributed by atoms with E-state index in [1.165, 1.54) is 0 Å². The van der Waals surface area contributed by atoms with Gasteiger partial charge in [-0.3, -0.25) is 14.7 Å². The quantitative estimate of drug-likeness (QED) is 0.920. The molecular formula is C14H18Cl2N4O2. The monoisotopic (exact) mass is 344 g/mol. The molecule has 3 heterocycles. The van der Waals surface area contributed by atoms with Crippen molar-refractivity contribution < 1.29 is 9.90 Å². The number of fused-ring (bicyclic) bond motifs is 1. The zero-order chi connectivity index (χ0) is 14.1. The molecule has 1 N–H and O–H groups in total. The van der Waals surface area contributed by atoms with Crippen LogP contribution in [0.2, 0.25) is 0 Å². The first-order valence-corrected chi connectivity index (χ1v) is 6.56. The number of halogens is 2. The molecule has 22 heavy (non-hydrogen) atoms. The van der Waals surface area contributed by atoms with Crippen LogP contribution >= 0.6 is 24.8 Å². The van der Waals surface area contributed by atoms with Gasteiger partial charge in [-0.25, -0.2) is 4.68 Å². The van der Waals surface area contributed by atoms with Crippen molar-refractivity contribution in [2.24, 2.45) is 0 Å². The van der Waals surface area contributed by atoms with Crippen LogP contribution in [0, 0.1) is 6.92 Å². The second-order valence-electron chi connectivity index (χ2n) is 5.06. The van der Waals surface area contributed by atoms with Crippen molar-refractivity contribution in [1.29, 1.82) is 0 Å². The minimum absolute atomic E-state index is 0. The first-order chi connectivity index (χ1) is 9.61. The third-order valence-electron chi connectivity index (χ3n) is 3.44. The summed E-state index contributed by atoms with van der Waals surface area (Å²) in [5.74, 6) is -0.786. The fourth-order valence-electron chi connectivity index (χ4n) is 2.50. The standard InChI is InChI=1S/C14H16N4O2.2ClH/c1-10-6-12(2-4-15-10)18-8-11-7-17(9-14(19)20)5-3-13(11)16-18;;/h2,4,6,8H,3,5,7,9H2,1H3,(H,19,20);2*1H. The molecule has 0 atom stereocenters. The molecule has 1 aliphatic heterocycles. The first-order valence-electron chi connectivity index (χ1n) is 6.56. The molecule has 0 aromatic carbocycles. The van der Waals surface area contributed by atoms with Gasteiger partial charge in [0.25, 0.3) is 0 Å². The predicted molar refractivity (Wildman–Crippen MR) is 87.2 cm³/mol. The second kappa shape index (κ2) is 7.58. The average molecular weight is 345 g/mol. The number of carboxylic acid groups (broad SMARTS) is 1. The number of nitrogens with zero attached hydrogens (tertiary/aromatic N) is 4. The van der Waals surface area contributed by atoms with Gasteiger partial charge in [-0.15, -0.1) is 24.8 Å². The molecule has 1 aliphatic rings. The van der Waals surface area contributed by atoms with Gasteiger partial charge in [0.1, 0.15) is 0 Å². The van der Waals surface area contributed by atoms with Crippen LogP contribution in [-0.4, -0.2) is 43.8 Å². The number of rotatable bonds is 3. The van der Waals surface area contributed by atoms with Gasteiger partial charge < -0.3 is 5.11 Å². The molecule has 0 bridgehead atoms. The molecule has 0 radical (unpaired) electrons.